The first-order valence-electron chi connectivity index (χ1n) is 10.3. The van der Waals surface area contributed by atoms with E-state index in [9.17, 15) is 4.79 Å². The van der Waals surface area contributed by atoms with E-state index >= 15 is 0 Å². The summed E-state index contributed by atoms with van der Waals surface area (Å²) in [6, 6.07) is 16.3. The Morgan fingerprint density at radius 3 is 2.39 bits per heavy atom. The Labute approximate surface area is 169 Å². The van der Waals surface area contributed by atoms with Gasteiger partial charge < -0.3 is 9.64 Å². The van der Waals surface area contributed by atoms with Crippen LogP contribution in [0.25, 0.3) is 0 Å². The number of methoxy groups -OCH3 is 1. The van der Waals surface area contributed by atoms with Crippen LogP contribution in [0.1, 0.15) is 42.9 Å². The number of carbonyl (C=O) groups is 1. The predicted octanol–water partition coefficient (Wildman–Crippen LogP) is 4.41. The molecule has 1 fully saturated rings. The number of nitrogens with zero attached hydrogens (tertiary/aromatic N) is 2. The smallest absolute Gasteiger partial charge is 0.228 e. The second-order valence-electron chi connectivity index (χ2n) is 7.64. The molecule has 2 aromatic rings. The summed E-state index contributed by atoms with van der Waals surface area (Å²) in [5, 5.41) is 0. The average Bonchev–Trinajstić information content (AvgIpc) is 2.73. The second-order valence-corrected chi connectivity index (χ2v) is 7.64. The molecule has 28 heavy (non-hydrogen) atoms. The quantitative estimate of drug-likeness (QED) is 0.713. The van der Waals surface area contributed by atoms with Gasteiger partial charge in [-0.05, 0) is 56.0 Å². The minimum atomic E-state index is 0.186. The van der Waals surface area contributed by atoms with Crippen LogP contribution in [0, 0.1) is 6.92 Å². The van der Waals surface area contributed by atoms with E-state index in [4.69, 9.17) is 4.74 Å². The molecular formula is C24H32N2O2. The zero-order chi connectivity index (χ0) is 19.9. The van der Waals surface area contributed by atoms with Gasteiger partial charge in [-0.25, -0.2) is 0 Å². The average molecular weight is 381 g/mol. The molecule has 0 N–H and O–H groups in total. The zero-order valence-corrected chi connectivity index (χ0v) is 17.4. The van der Waals surface area contributed by atoms with E-state index in [-0.39, 0.29) is 12.1 Å². The van der Waals surface area contributed by atoms with E-state index in [1.807, 2.05) is 24.3 Å². The fraction of sp³-hybridized carbons (Fsp3) is 0.458. The maximum atomic E-state index is 13.4. The highest BCUT2D eigenvalue weighted by Gasteiger charge is 2.30. The highest BCUT2D eigenvalue weighted by atomic mass is 16.5. The number of aryl methyl sites for hydroxylation is 1. The largest absolute Gasteiger partial charge is 0.497 e. The number of carbonyl (C=O) groups excluding carboxylic acids is 1. The fourth-order valence-corrected chi connectivity index (χ4v) is 3.96. The standard InChI is InChI=1S/C24H32N2O2/c1-4-25-16-6-5-7-23(25)26(18-21-10-8-19(2)9-11-21)24(27)17-20-12-14-22(28-3)15-13-20/h8-15,23H,4-7,16-18H2,1-3H3. The number of piperidine rings is 1. The lowest BCUT2D eigenvalue weighted by molar-refractivity contribution is -0.139. The van der Waals surface area contributed by atoms with Crippen LogP contribution in [0.15, 0.2) is 48.5 Å². The van der Waals surface area contributed by atoms with E-state index in [2.05, 4.69) is 47.9 Å². The SMILES string of the molecule is CCN1CCCCC1N(Cc1ccc(C)cc1)C(=O)Cc1ccc(OC)cc1. The molecule has 0 aromatic heterocycles. The summed E-state index contributed by atoms with van der Waals surface area (Å²) in [6.07, 6.45) is 4.06. The molecule has 3 rings (SSSR count). The Balaban J connectivity index is 1.80. The van der Waals surface area contributed by atoms with Crippen LogP contribution in [0.5, 0.6) is 5.75 Å². The molecule has 0 radical (unpaired) electrons. The number of hydrogen-bond acceptors (Lipinski definition) is 3. The summed E-state index contributed by atoms with van der Waals surface area (Å²) < 4.78 is 5.23. The van der Waals surface area contributed by atoms with Crippen molar-refractivity contribution in [3.05, 3.63) is 65.2 Å². The van der Waals surface area contributed by atoms with E-state index in [0.29, 0.717) is 13.0 Å². The summed E-state index contributed by atoms with van der Waals surface area (Å²) in [4.78, 5) is 17.9. The lowest BCUT2D eigenvalue weighted by atomic mass is 10.0. The highest BCUT2D eigenvalue weighted by Crippen LogP contribution is 2.23. The minimum absolute atomic E-state index is 0.186. The Hall–Kier alpha value is -2.33. The van der Waals surface area contributed by atoms with Crippen molar-refractivity contribution in [3.63, 3.8) is 0 Å². The van der Waals surface area contributed by atoms with Gasteiger partial charge in [-0.3, -0.25) is 9.69 Å². The van der Waals surface area contributed by atoms with E-state index < -0.39 is 0 Å². The normalized spacial score (nSPS) is 17.3. The number of likely N-dealkylation sites (tertiary alicyclic amines) is 1. The van der Waals surface area contributed by atoms with Crippen LogP contribution in [-0.2, 0) is 17.8 Å². The summed E-state index contributed by atoms with van der Waals surface area (Å²) in [5.41, 5.74) is 3.46. The van der Waals surface area contributed by atoms with Crippen molar-refractivity contribution < 1.29 is 9.53 Å². The van der Waals surface area contributed by atoms with Gasteiger partial charge in [0.25, 0.3) is 0 Å². The molecule has 4 nitrogen and oxygen atoms in total. The van der Waals surface area contributed by atoms with Crippen molar-refractivity contribution in [1.29, 1.82) is 0 Å². The molecule has 0 bridgehead atoms. The Morgan fingerprint density at radius 1 is 1.07 bits per heavy atom. The molecule has 1 heterocycles. The first kappa shape index (κ1) is 20.4. The Kier molecular flexibility index (Phi) is 7.10. The zero-order valence-electron chi connectivity index (χ0n) is 17.4. The lowest BCUT2D eigenvalue weighted by Crippen LogP contribution is -2.53. The molecule has 1 aliphatic heterocycles. The third kappa shape index (κ3) is 5.14. The van der Waals surface area contributed by atoms with Crippen LogP contribution in [-0.4, -0.2) is 42.1 Å². The molecule has 4 heteroatoms. The van der Waals surface area contributed by atoms with Gasteiger partial charge >= 0.3 is 0 Å². The maximum absolute atomic E-state index is 13.4. The third-order valence-electron chi connectivity index (χ3n) is 5.65. The molecule has 1 atom stereocenters. The highest BCUT2D eigenvalue weighted by molar-refractivity contribution is 5.79. The molecule has 1 aliphatic rings. The van der Waals surface area contributed by atoms with Crippen LogP contribution < -0.4 is 4.74 Å². The maximum Gasteiger partial charge on any atom is 0.228 e. The van der Waals surface area contributed by atoms with Gasteiger partial charge in [0.15, 0.2) is 0 Å². The molecule has 150 valence electrons. The number of ether oxygens (including phenoxy) is 1. The van der Waals surface area contributed by atoms with Crippen molar-refractivity contribution in [2.75, 3.05) is 20.2 Å². The van der Waals surface area contributed by atoms with Crippen LogP contribution in [0.4, 0.5) is 0 Å². The Morgan fingerprint density at radius 2 is 1.75 bits per heavy atom. The molecule has 1 unspecified atom stereocenters. The monoisotopic (exact) mass is 380 g/mol. The first-order chi connectivity index (χ1) is 13.6. The molecule has 2 aromatic carbocycles. The van der Waals surface area contributed by atoms with Crippen LogP contribution >= 0.6 is 0 Å². The molecule has 0 saturated carbocycles. The third-order valence-corrected chi connectivity index (χ3v) is 5.65. The van der Waals surface area contributed by atoms with Gasteiger partial charge in [-0.1, -0.05) is 48.9 Å². The van der Waals surface area contributed by atoms with E-state index in [1.165, 1.54) is 24.0 Å². The predicted molar refractivity (Wildman–Crippen MR) is 113 cm³/mol. The first-order valence-corrected chi connectivity index (χ1v) is 10.3. The summed E-state index contributed by atoms with van der Waals surface area (Å²) >= 11 is 0. The summed E-state index contributed by atoms with van der Waals surface area (Å²) in [5.74, 6) is 1.01. The second kappa shape index (κ2) is 9.74. The number of amides is 1. The van der Waals surface area contributed by atoms with Gasteiger partial charge in [-0.15, -0.1) is 0 Å². The summed E-state index contributed by atoms with van der Waals surface area (Å²) in [7, 11) is 1.66. The molecule has 0 spiro atoms. The van der Waals surface area contributed by atoms with Gasteiger partial charge in [0, 0.05) is 13.1 Å². The van der Waals surface area contributed by atoms with Crippen molar-refractivity contribution in [2.45, 2.75) is 52.2 Å². The summed E-state index contributed by atoms with van der Waals surface area (Å²) in [6.45, 7) is 7.00. The number of benzene rings is 2. The topological polar surface area (TPSA) is 32.8 Å². The van der Waals surface area contributed by atoms with Gasteiger partial charge in [0.1, 0.15) is 5.75 Å². The van der Waals surface area contributed by atoms with Crippen molar-refractivity contribution in [3.8, 4) is 5.75 Å². The fourth-order valence-electron chi connectivity index (χ4n) is 3.96. The van der Waals surface area contributed by atoms with Gasteiger partial charge in [0.05, 0.1) is 19.7 Å². The molecule has 0 aliphatic carbocycles. The van der Waals surface area contributed by atoms with Gasteiger partial charge in [-0.2, -0.15) is 0 Å². The van der Waals surface area contributed by atoms with E-state index in [1.54, 1.807) is 7.11 Å². The van der Waals surface area contributed by atoms with Gasteiger partial charge in [0.2, 0.25) is 5.91 Å². The van der Waals surface area contributed by atoms with Crippen LogP contribution in [0.2, 0.25) is 0 Å². The minimum Gasteiger partial charge on any atom is -0.497 e. The van der Waals surface area contributed by atoms with Crippen molar-refractivity contribution in [2.24, 2.45) is 0 Å². The van der Waals surface area contributed by atoms with Crippen molar-refractivity contribution >= 4 is 5.91 Å². The number of rotatable bonds is 7. The Bertz CT molecular complexity index is 755. The molecule has 1 amide bonds. The number of hydrogen-bond donors (Lipinski definition) is 0. The molecule has 1 saturated heterocycles. The molecular weight excluding hydrogens is 348 g/mol. The van der Waals surface area contributed by atoms with Crippen LogP contribution in [0.3, 0.4) is 0 Å². The lowest BCUT2D eigenvalue weighted by Gasteiger charge is -2.42. The van der Waals surface area contributed by atoms with Crippen molar-refractivity contribution in [1.82, 2.24) is 9.80 Å². The van der Waals surface area contributed by atoms with E-state index in [0.717, 1.165) is 30.8 Å².